The lowest BCUT2D eigenvalue weighted by Gasteiger charge is -2.00. The van der Waals surface area contributed by atoms with Gasteiger partial charge in [-0.1, -0.05) is 101 Å². The van der Waals surface area contributed by atoms with Gasteiger partial charge in [0.1, 0.15) is 6.29 Å². The van der Waals surface area contributed by atoms with Crippen molar-refractivity contribution in [1.82, 2.24) is 0 Å². The molecule has 0 aliphatic heterocycles. The van der Waals surface area contributed by atoms with Crippen molar-refractivity contribution in [3.05, 3.63) is 48.6 Å². The molecule has 0 radical (unpaired) electrons. The van der Waals surface area contributed by atoms with Crippen molar-refractivity contribution in [2.75, 3.05) is 0 Å². The summed E-state index contributed by atoms with van der Waals surface area (Å²) in [7, 11) is 0. The summed E-state index contributed by atoms with van der Waals surface area (Å²) in [6, 6.07) is 0. The van der Waals surface area contributed by atoms with Crippen molar-refractivity contribution < 1.29 is 4.79 Å². The Balaban J connectivity index is 3.28. The molecule has 21 heavy (non-hydrogen) atoms. The van der Waals surface area contributed by atoms with Crippen molar-refractivity contribution in [2.45, 2.75) is 71.1 Å². The van der Waals surface area contributed by atoms with Crippen LogP contribution in [0.4, 0.5) is 0 Å². The molecule has 0 spiro atoms. The molecule has 0 N–H and O–H groups in total. The van der Waals surface area contributed by atoms with Gasteiger partial charge in [-0.15, -0.1) is 0 Å². The molecule has 0 aliphatic carbocycles. The lowest BCUT2D eigenvalue weighted by molar-refractivity contribution is -0.104. The van der Waals surface area contributed by atoms with E-state index < -0.39 is 0 Å². The van der Waals surface area contributed by atoms with Gasteiger partial charge in [0.05, 0.1) is 0 Å². The molecular weight excluding hydrogens is 256 g/mol. The maximum Gasteiger partial charge on any atom is 0.142 e. The summed E-state index contributed by atoms with van der Waals surface area (Å²) >= 11 is 0. The zero-order valence-corrected chi connectivity index (χ0v) is 13.7. The minimum Gasteiger partial charge on any atom is -0.299 e. The first-order valence-corrected chi connectivity index (χ1v) is 8.52. The molecule has 0 unspecified atom stereocenters. The van der Waals surface area contributed by atoms with Crippen LogP contribution in [0, 0.1) is 0 Å². The van der Waals surface area contributed by atoms with Crippen LogP contribution < -0.4 is 0 Å². The molecule has 0 amide bonds. The molecule has 0 heterocycles. The third kappa shape index (κ3) is 18.6. The second-order valence-corrected chi connectivity index (χ2v) is 5.34. The molecule has 0 aromatic rings. The molecule has 0 rings (SSSR count). The van der Waals surface area contributed by atoms with E-state index >= 15 is 0 Å². The van der Waals surface area contributed by atoms with Gasteiger partial charge in [0.2, 0.25) is 0 Å². The van der Waals surface area contributed by atoms with Gasteiger partial charge in [-0.25, -0.2) is 0 Å². The predicted octanol–water partition coefficient (Wildman–Crippen LogP) is 6.33. The van der Waals surface area contributed by atoms with E-state index in [-0.39, 0.29) is 0 Å². The van der Waals surface area contributed by atoms with Crippen LogP contribution in [0.2, 0.25) is 0 Å². The van der Waals surface area contributed by atoms with Crippen LogP contribution in [-0.2, 0) is 4.79 Å². The van der Waals surface area contributed by atoms with Gasteiger partial charge < -0.3 is 0 Å². The van der Waals surface area contributed by atoms with Crippen LogP contribution in [0.5, 0.6) is 0 Å². The molecule has 1 heteroatoms. The summed E-state index contributed by atoms with van der Waals surface area (Å²) < 4.78 is 0. The maximum absolute atomic E-state index is 10.0. The van der Waals surface area contributed by atoms with E-state index in [9.17, 15) is 4.79 Å². The third-order valence-electron chi connectivity index (χ3n) is 3.36. The number of allylic oxidation sites excluding steroid dienone is 8. The minimum absolute atomic E-state index is 0.777. The van der Waals surface area contributed by atoms with E-state index in [1.807, 2.05) is 24.3 Å². The second-order valence-electron chi connectivity index (χ2n) is 5.34. The summed E-state index contributed by atoms with van der Waals surface area (Å²) in [5.74, 6) is 0. The van der Waals surface area contributed by atoms with Crippen molar-refractivity contribution in [1.29, 1.82) is 0 Å². The van der Waals surface area contributed by atoms with Crippen molar-refractivity contribution >= 4 is 6.29 Å². The Morgan fingerprint density at radius 2 is 1.05 bits per heavy atom. The first-order valence-electron chi connectivity index (χ1n) is 8.52. The highest BCUT2D eigenvalue weighted by Crippen LogP contribution is 2.10. The lowest BCUT2D eigenvalue weighted by atomic mass is 10.1. The van der Waals surface area contributed by atoms with E-state index in [4.69, 9.17) is 0 Å². The summed E-state index contributed by atoms with van der Waals surface area (Å²) in [6.45, 7) is 2.27. The highest BCUT2D eigenvalue weighted by Gasteiger charge is 1.90. The average molecular weight is 288 g/mol. The van der Waals surface area contributed by atoms with Gasteiger partial charge >= 0.3 is 0 Å². The normalized spacial score (nSPS) is 12.4. The number of rotatable bonds is 14. The van der Waals surface area contributed by atoms with Gasteiger partial charge in [0.25, 0.3) is 0 Å². The molecule has 0 bridgehead atoms. The number of hydrogen-bond acceptors (Lipinski definition) is 1. The van der Waals surface area contributed by atoms with Crippen LogP contribution >= 0.6 is 0 Å². The van der Waals surface area contributed by atoms with Crippen molar-refractivity contribution in [2.24, 2.45) is 0 Å². The first-order chi connectivity index (χ1) is 10.4. The Hall–Kier alpha value is -1.37. The minimum atomic E-state index is 0.777. The molecule has 0 aromatic heterocycles. The quantitative estimate of drug-likeness (QED) is 0.158. The zero-order chi connectivity index (χ0) is 15.4. The number of carbonyl (C=O) groups excluding carboxylic acids is 1. The molecule has 0 aliphatic rings. The predicted molar refractivity (Wildman–Crippen MR) is 94.5 cm³/mol. The molecule has 0 saturated carbocycles. The number of unbranched alkanes of at least 4 members (excludes halogenated alkanes) is 9. The van der Waals surface area contributed by atoms with Crippen LogP contribution in [-0.4, -0.2) is 6.29 Å². The van der Waals surface area contributed by atoms with Gasteiger partial charge in [0.15, 0.2) is 0 Å². The van der Waals surface area contributed by atoms with Crippen LogP contribution in [0.1, 0.15) is 71.1 Å². The fourth-order valence-corrected chi connectivity index (χ4v) is 2.11. The van der Waals surface area contributed by atoms with E-state index in [0.717, 1.165) is 6.29 Å². The monoisotopic (exact) mass is 288 g/mol. The van der Waals surface area contributed by atoms with E-state index in [1.54, 1.807) is 6.08 Å². The Labute approximate surface area is 131 Å². The average Bonchev–Trinajstić information content (AvgIpc) is 2.50. The number of hydrogen-bond donors (Lipinski definition) is 0. The molecule has 0 aromatic carbocycles. The molecule has 0 fully saturated rings. The van der Waals surface area contributed by atoms with E-state index in [2.05, 4.69) is 19.1 Å². The Morgan fingerprint density at radius 1 is 0.571 bits per heavy atom. The third-order valence-corrected chi connectivity index (χ3v) is 3.36. The number of aldehydes is 1. The summed E-state index contributed by atoms with van der Waals surface area (Å²) in [4.78, 5) is 10.0. The highest BCUT2D eigenvalue weighted by atomic mass is 16.1. The van der Waals surface area contributed by atoms with Gasteiger partial charge in [-0.2, -0.15) is 0 Å². The Bertz CT molecular complexity index is 321. The van der Waals surface area contributed by atoms with Gasteiger partial charge in [-0.3, -0.25) is 4.79 Å². The second kappa shape index (κ2) is 18.6. The fraction of sp³-hybridized carbons (Fsp3) is 0.550. The standard InChI is InChI=1S/C20H32O/c1-2-3-4-5-6-7-8-9-10-11-12-13-14-15-16-17-18-19-20-21/h12-20H,2-11H2,1H3. The largest absolute Gasteiger partial charge is 0.299 e. The Kier molecular flexibility index (Phi) is 17.4. The molecule has 118 valence electrons. The van der Waals surface area contributed by atoms with Crippen molar-refractivity contribution in [3.8, 4) is 0 Å². The molecule has 1 nitrogen and oxygen atoms in total. The van der Waals surface area contributed by atoms with Gasteiger partial charge in [0, 0.05) is 0 Å². The summed E-state index contributed by atoms with van der Waals surface area (Å²) in [5, 5.41) is 0. The van der Waals surface area contributed by atoms with Gasteiger partial charge in [-0.05, 0) is 18.9 Å². The summed E-state index contributed by atoms with van der Waals surface area (Å²) in [6.07, 6.45) is 29.7. The summed E-state index contributed by atoms with van der Waals surface area (Å²) in [5.41, 5.74) is 0. The van der Waals surface area contributed by atoms with E-state index in [1.165, 1.54) is 70.3 Å². The zero-order valence-electron chi connectivity index (χ0n) is 13.7. The van der Waals surface area contributed by atoms with E-state index in [0.29, 0.717) is 0 Å². The molecular formula is C20H32O. The first kappa shape index (κ1) is 19.6. The SMILES string of the molecule is CCCCCCCCCCCC=CC=CC=CC=CC=O. The Morgan fingerprint density at radius 3 is 1.62 bits per heavy atom. The molecule has 0 saturated heterocycles. The smallest absolute Gasteiger partial charge is 0.142 e. The highest BCUT2D eigenvalue weighted by molar-refractivity contribution is 5.65. The van der Waals surface area contributed by atoms with Crippen LogP contribution in [0.3, 0.4) is 0 Å². The fourth-order valence-electron chi connectivity index (χ4n) is 2.11. The van der Waals surface area contributed by atoms with Crippen molar-refractivity contribution in [3.63, 3.8) is 0 Å². The maximum atomic E-state index is 10.0. The lowest BCUT2D eigenvalue weighted by Crippen LogP contribution is -1.80. The van der Waals surface area contributed by atoms with Crippen LogP contribution in [0.15, 0.2) is 48.6 Å². The number of carbonyl (C=O) groups is 1. The van der Waals surface area contributed by atoms with Crippen LogP contribution in [0.25, 0.3) is 0 Å². The topological polar surface area (TPSA) is 17.1 Å². The molecule has 0 atom stereocenters.